The molecule has 0 aliphatic carbocycles. The van der Waals surface area contributed by atoms with Crippen molar-refractivity contribution >= 4 is 28.9 Å². The van der Waals surface area contributed by atoms with Crippen molar-refractivity contribution in [2.75, 3.05) is 6.61 Å². The van der Waals surface area contributed by atoms with Crippen molar-refractivity contribution < 1.29 is 14.3 Å². The number of ether oxygens (including phenoxy) is 2. The second-order valence-electron chi connectivity index (χ2n) is 5.16. The second-order valence-corrected chi connectivity index (χ2v) is 6.41. The monoisotopic (exact) mass is 400 g/mol. The molecule has 1 aromatic carbocycles. The lowest BCUT2D eigenvalue weighted by Crippen LogP contribution is -2.19. The SMILES string of the molecule is CCCCC1=C(OCCC)Oc2ccc(I)cc2C1C=O. The van der Waals surface area contributed by atoms with E-state index in [4.69, 9.17) is 9.47 Å². The summed E-state index contributed by atoms with van der Waals surface area (Å²) < 4.78 is 12.8. The van der Waals surface area contributed by atoms with E-state index >= 15 is 0 Å². The van der Waals surface area contributed by atoms with E-state index in [-0.39, 0.29) is 5.92 Å². The van der Waals surface area contributed by atoms with Gasteiger partial charge in [0.1, 0.15) is 12.0 Å². The molecule has 0 fully saturated rings. The van der Waals surface area contributed by atoms with Crippen LogP contribution >= 0.6 is 22.6 Å². The minimum absolute atomic E-state index is 0.248. The van der Waals surface area contributed by atoms with E-state index in [1.807, 2.05) is 18.2 Å². The topological polar surface area (TPSA) is 35.5 Å². The van der Waals surface area contributed by atoms with Crippen LogP contribution in [0.15, 0.2) is 29.7 Å². The zero-order valence-electron chi connectivity index (χ0n) is 12.5. The third-order valence-electron chi connectivity index (χ3n) is 3.52. The van der Waals surface area contributed by atoms with Gasteiger partial charge in [-0.25, -0.2) is 0 Å². The molecular formula is C17H21IO3. The molecule has 0 bridgehead atoms. The summed E-state index contributed by atoms with van der Waals surface area (Å²) >= 11 is 2.26. The van der Waals surface area contributed by atoms with Crippen LogP contribution in [0.25, 0.3) is 0 Å². The largest absolute Gasteiger partial charge is 0.465 e. The van der Waals surface area contributed by atoms with Gasteiger partial charge in [0.2, 0.25) is 0 Å². The Hall–Kier alpha value is -1.04. The van der Waals surface area contributed by atoms with E-state index in [1.165, 1.54) is 0 Å². The lowest BCUT2D eigenvalue weighted by atomic mass is 9.87. The van der Waals surface area contributed by atoms with Crippen molar-refractivity contribution in [3.63, 3.8) is 0 Å². The van der Waals surface area contributed by atoms with Crippen LogP contribution in [0.3, 0.4) is 0 Å². The molecule has 3 nitrogen and oxygen atoms in total. The van der Waals surface area contributed by atoms with Crippen LogP contribution in [-0.4, -0.2) is 12.9 Å². The van der Waals surface area contributed by atoms with Crippen LogP contribution in [0.1, 0.15) is 51.0 Å². The zero-order valence-corrected chi connectivity index (χ0v) is 14.7. The van der Waals surface area contributed by atoms with Crippen LogP contribution in [-0.2, 0) is 9.53 Å². The van der Waals surface area contributed by atoms with Gasteiger partial charge in [0, 0.05) is 14.7 Å². The van der Waals surface area contributed by atoms with Gasteiger partial charge >= 0.3 is 0 Å². The number of carbonyl (C=O) groups is 1. The molecule has 0 amide bonds. The molecular weight excluding hydrogens is 379 g/mol. The van der Waals surface area contributed by atoms with Crippen LogP contribution in [0.4, 0.5) is 0 Å². The standard InChI is InChI=1S/C17H21IO3/c1-3-5-6-13-15(11-19)14-10-12(18)7-8-16(14)21-17(13)20-9-4-2/h7-8,10-11,15H,3-6,9H2,1-2H3. The van der Waals surface area contributed by atoms with Crippen molar-refractivity contribution in [2.24, 2.45) is 0 Å². The molecule has 0 N–H and O–H groups in total. The average molecular weight is 400 g/mol. The molecule has 1 unspecified atom stereocenters. The van der Waals surface area contributed by atoms with E-state index in [2.05, 4.69) is 36.4 Å². The van der Waals surface area contributed by atoms with Crippen LogP contribution in [0.5, 0.6) is 5.75 Å². The van der Waals surface area contributed by atoms with Gasteiger partial charge in [-0.1, -0.05) is 20.3 Å². The first-order valence-corrected chi connectivity index (χ1v) is 8.57. The highest BCUT2D eigenvalue weighted by atomic mass is 127. The van der Waals surface area contributed by atoms with Crippen LogP contribution in [0.2, 0.25) is 0 Å². The summed E-state index contributed by atoms with van der Waals surface area (Å²) in [5.74, 6) is 1.02. The number of rotatable bonds is 7. The molecule has 0 aromatic heterocycles. The van der Waals surface area contributed by atoms with Crippen molar-refractivity contribution in [2.45, 2.75) is 45.4 Å². The van der Waals surface area contributed by atoms with Gasteiger partial charge in [-0.3, -0.25) is 0 Å². The van der Waals surface area contributed by atoms with Gasteiger partial charge in [-0.05, 0) is 60.1 Å². The molecule has 114 valence electrons. The lowest BCUT2D eigenvalue weighted by Gasteiger charge is -2.27. The van der Waals surface area contributed by atoms with Crippen LogP contribution < -0.4 is 4.74 Å². The smallest absolute Gasteiger partial charge is 0.284 e. The molecule has 1 atom stereocenters. The van der Waals surface area contributed by atoms with Gasteiger partial charge in [-0.2, -0.15) is 0 Å². The molecule has 0 radical (unpaired) electrons. The fourth-order valence-corrected chi connectivity index (χ4v) is 2.95. The molecule has 0 spiro atoms. The lowest BCUT2D eigenvalue weighted by molar-refractivity contribution is -0.108. The molecule has 1 aromatic rings. The number of fused-ring (bicyclic) bond motifs is 1. The number of aldehydes is 1. The van der Waals surface area contributed by atoms with Crippen LogP contribution in [0, 0.1) is 3.57 Å². The Bertz CT molecular complexity index is 537. The number of allylic oxidation sites excluding steroid dienone is 1. The zero-order chi connectivity index (χ0) is 15.2. The number of unbranched alkanes of at least 4 members (excludes halogenated alkanes) is 1. The number of halogens is 1. The maximum atomic E-state index is 11.7. The highest BCUT2D eigenvalue weighted by Crippen LogP contribution is 2.41. The highest BCUT2D eigenvalue weighted by Gasteiger charge is 2.30. The van der Waals surface area contributed by atoms with E-state index < -0.39 is 0 Å². The summed E-state index contributed by atoms with van der Waals surface area (Å²) in [6, 6.07) is 5.92. The molecule has 0 saturated heterocycles. The minimum atomic E-state index is -0.248. The first-order chi connectivity index (χ1) is 10.2. The predicted octanol–water partition coefficient (Wildman–Crippen LogP) is 4.79. The minimum Gasteiger partial charge on any atom is -0.465 e. The van der Waals surface area contributed by atoms with Gasteiger partial charge in [-0.15, -0.1) is 0 Å². The summed E-state index contributed by atoms with van der Waals surface area (Å²) in [4.78, 5) is 11.7. The fraction of sp³-hybridized carbons (Fsp3) is 0.471. The molecule has 1 heterocycles. The molecule has 1 aliphatic heterocycles. The van der Waals surface area contributed by atoms with Crippen molar-refractivity contribution in [3.8, 4) is 5.75 Å². The predicted molar refractivity (Wildman–Crippen MR) is 91.4 cm³/mol. The number of hydrogen-bond donors (Lipinski definition) is 0. The molecule has 0 saturated carbocycles. The van der Waals surface area contributed by atoms with E-state index in [9.17, 15) is 4.79 Å². The summed E-state index contributed by atoms with van der Waals surface area (Å²) in [5.41, 5.74) is 1.93. The normalized spacial score (nSPS) is 17.2. The first kappa shape index (κ1) is 16.3. The van der Waals surface area contributed by atoms with E-state index in [1.54, 1.807) is 0 Å². The maximum absolute atomic E-state index is 11.7. The quantitative estimate of drug-likeness (QED) is 0.488. The molecule has 4 heteroatoms. The Morgan fingerprint density at radius 1 is 1.33 bits per heavy atom. The second kappa shape index (κ2) is 7.82. The number of benzene rings is 1. The fourth-order valence-electron chi connectivity index (χ4n) is 2.43. The first-order valence-electron chi connectivity index (χ1n) is 7.49. The van der Waals surface area contributed by atoms with Crippen molar-refractivity contribution in [1.82, 2.24) is 0 Å². The molecule has 2 rings (SSSR count). The molecule has 1 aliphatic rings. The van der Waals surface area contributed by atoms with Gasteiger partial charge in [0.25, 0.3) is 5.95 Å². The summed E-state index contributed by atoms with van der Waals surface area (Å²) in [6.07, 6.45) is 4.87. The van der Waals surface area contributed by atoms with Gasteiger partial charge < -0.3 is 14.3 Å². The summed E-state index contributed by atoms with van der Waals surface area (Å²) in [7, 11) is 0. The summed E-state index contributed by atoms with van der Waals surface area (Å²) in [6.45, 7) is 4.81. The highest BCUT2D eigenvalue weighted by molar-refractivity contribution is 14.1. The van der Waals surface area contributed by atoms with E-state index in [0.717, 1.165) is 52.4 Å². The molecule has 21 heavy (non-hydrogen) atoms. The van der Waals surface area contributed by atoms with Gasteiger partial charge in [0.15, 0.2) is 0 Å². The van der Waals surface area contributed by atoms with Crippen molar-refractivity contribution in [1.29, 1.82) is 0 Å². The Kier molecular flexibility index (Phi) is 6.08. The van der Waals surface area contributed by atoms with Gasteiger partial charge in [0.05, 0.1) is 12.5 Å². The average Bonchev–Trinajstić information content (AvgIpc) is 2.50. The maximum Gasteiger partial charge on any atom is 0.284 e. The summed E-state index contributed by atoms with van der Waals surface area (Å²) in [5, 5.41) is 0. The Morgan fingerprint density at radius 2 is 2.14 bits per heavy atom. The third-order valence-corrected chi connectivity index (χ3v) is 4.19. The Balaban J connectivity index is 2.39. The number of carbonyl (C=O) groups excluding carboxylic acids is 1. The van der Waals surface area contributed by atoms with E-state index in [0.29, 0.717) is 12.6 Å². The van der Waals surface area contributed by atoms with Crippen molar-refractivity contribution in [3.05, 3.63) is 38.9 Å². The number of hydrogen-bond acceptors (Lipinski definition) is 3. The third kappa shape index (κ3) is 3.78. The Morgan fingerprint density at radius 3 is 2.81 bits per heavy atom. The Labute approximate surface area is 139 Å².